The maximum Gasteiger partial charge on any atom is 0.242 e. The maximum absolute atomic E-state index is 13.3. The van der Waals surface area contributed by atoms with Gasteiger partial charge in [-0.05, 0) is 61.7 Å². The molecule has 0 radical (unpaired) electrons. The first-order valence-electron chi connectivity index (χ1n) is 11.2. The molecule has 192 valence electrons. The Bertz CT molecular complexity index is 1130. The molecule has 0 heterocycles. The van der Waals surface area contributed by atoms with Crippen molar-refractivity contribution in [1.82, 2.24) is 10.2 Å². The summed E-state index contributed by atoms with van der Waals surface area (Å²) in [6.45, 7) is 4.19. The van der Waals surface area contributed by atoms with Crippen LogP contribution in [0.4, 0.5) is 10.1 Å². The molecule has 0 bridgehead atoms. The van der Waals surface area contributed by atoms with Gasteiger partial charge in [-0.25, -0.2) is 12.8 Å². The Morgan fingerprint density at radius 3 is 2.26 bits per heavy atom. The molecule has 0 saturated carbocycles. The van der Waals surface area contributed by atoms with Gasteiger partial charge in [0.25, 0.3) is 0 Å². The molecule has 0 spiro atoms. The molecule has 0 unspecified atom stereocenters. The number of likely N-dealkylation sites (N-methyl/N-ethyl adjacent to an activating group) is 1. The molecular weight excluding hydrogens is 516 g/mol. The minimum Gasteiger partial charge on any atom is -0.355 e. The smallest absolute Gasteiger partial charge is 0.242 e. The zero-order chi connectivity index (χ0) is 26.2. The predicted octanol–water partition coefficient (Wildman–Crippen LogP) is 4.62. The number of benzene rings is 2. The molecule has 2 rings (SSSR count). The van der Waals surface area contributed by atoms with Crippen LogP contribution in [0.1, 0.15) is 38.7 Å². The Hall–Kier alpha value is -2.36. The number of halogens is 3. The molecular formula is C24H30Cl2FN3O4S. The van der Waals surface area contributed by atoms with Crippen LogP contribution < -0.4 is 9.62 Å². The van der Waals surface area contributed by atoms with Gasteiger partial charge in [0.1, 0.15) is 11.9 Å². The number of sulfonamides is 1. The number of carbonyl (C=O) groups is 2. The van der Waals surface area contributed by atoms with Gasteiger partial charge in [0.05, 0.1) is 22.0 Å². The first-order valence-corrected chi connectivity index (χ1v) is 13.8. The molecule has 2 aromatic rings. The Balaban J connectivity index is 2.21. The number of rotatable bonds is 12. The lowest BCUT2D eigenvalue weighted by atomic mass is 10.1. The molecule has 11 heteroatoms. The quantitative estimate of drug-likeness (QED) is 0.421. The minimum absolute atomic E-state index is 0.00441. The number of hydrogen-bond donors (Lipinski definition) is 1. The van der Waals surface area contributed by atoms with E-state index in [9.17, 15) is 22.4 Å². The lowest BCUT2D eigenvalue weighted by molar-refractivity contribution is -0.141. The molecule has 0 aliphatic rings. The Morgan fingerprint density at radius 1 is 1.06 bits per heavy atom. The number of hydrogen-bond acceptors (Lipinski definition) is 4. The van der Waals surface area contributed by atoms with E-state index in [-0.39, 0.29) is 37.7 Å². The molecule has 0 saturated heterocycles. The summed E-state index contributed by atoms with van der Waals surface area (Å²) in [6, 6.07) is 9.40. The van der Waals surface area contributed by atoms with Gasteiger partial charge in [0.2, 0.25) is 21.8 Å². The van der Waals surface area contributed by atoms with E-state index in [0.29, 0.717) is 34.3 Å². The first-order chi connectivity index (χ1) is 16.5. The van der Waals surface area contributed by atoms with Crippen LogP contribution in [0.15, 0.2) is 42.5 Å². The van der Waals surface area contributed by atoms with E-state index in [0.717, 1.165) is 10.6 Å². The van der Waals surface area contributed by atoms with Gasteiger partial charge < -0.3 is 10.2 Å². The van der Waals surface area contributed by atoms with Crippen molar-refractivity contribution < 1.29 is 22.4 Å². The molecule has 0 aliphatic carbocycles. The van der Waals surface area contributed by atoms with Crippen molar-refractivity contribution in [3.8, 4) is 0 Å². The molecule has 35 heavy (non-hydrogen) atoms. The highest BCUT2D eigenvalue weighted by Crippen LogP contribution is 2.25. The molecule has 1 atom stereocenters. The number of nitrogens with zero attached hydrogens (tertiary/aromatic N) is 2. The second-order valence-corrected chi connectivity index (χ2v) is 10.7. The number of anilines is 1. The van der Waals surface area contributed by atoms with Crippen molar-refractivity contribution in [2.75, 3.05) is 23.7 Å². The average molecular weight is 546 g/mol. The topological polar surface area (TPSA) is 86.8 Å². The van der Waals surface area contributed by atoms with Crippen molar-refractivity contribution in [2.45, 2.75) is 45.7 Å². The van der Waals surface area contributed by atoms with E-state index in [4.69, 9.17) is 23.2 Å². The third-order valence-electron chi connectivity index (χ3n) is 5.34. The van der Waals surface area contributed by atoms with Gasteiger partial charge in [0.15, 0.2) is 0 Å². The van der Waals surface area contributed by atoms with Gasteiger partial charge in [0, 0.05) is 26.1 Å². The van der Waals surface area contributed by atoms with Crippen LogP contribution in [-0.4, -0.2) is 50.5 Å². The van der Waals surface area contributed by atoms with Crippen molar-refractivity contribution in [1.29, 1.82) is 0 Å². The second-order valence-electron chi connectivity index (χ2n) is 8.00. The van der Waals surface area contributed by atoms with Crippen LogP contribution in [-0.2, 0) is 26.2 Å². The molecule has 0 aromatic heterocycles. The molecule has 0 aliphatic heterocycles. The lowest BCUT2D eigenvalue weighted by Gasteiger charge is -2.31. The van der Waals surface area contributed by atoms with E-state index in [1.807, 2.05) is 6.92 Å². The van der Waals surface area contributed by atoms with Crippen molar-refractivity contribution in [2.24, 2.45) is 0 Å². The van der Waals surface area contributed by atoms with Crippen LogP contribution in [0, 0.1) is 5.82 Å². The SMILES string of the molecule is CCNC(=O)[C@@H](CC)N(Cc1ccc(Cl)c(Cl)c1)C(=O)CCCN(c1ccc(F)cc1)S(C)(=O)=O. The molecule has 0 fully saturated rings. The summed E-state index contributed by atoms with van der Waals surface area (Å²) in [6.07, 6.45) is 1.65. The Kier molecular flexibility index (Phi) is 10.8. The fourth-order valence-electron chi connectivity index (χ4n) is 3.66. The van der Waals surface area contributed by atoms with Crippen LogP contribution >= 0.6 is 23.2 Å². The van der Waals surface area contributed by atoms with Gasteiger partial charge in [-0.2, -0.15) is 0 Å². The van der Waals surface area contributed by atoms with Crippen LogP contribution in [0.2, 0.25) is 10.0 Å². The lowest BCUT2D eigenvalue weighted by Crippen LogP contribution is -2.49. The number of amides is 2. The van der Waals surface area contributed by atoms with Crippen LogP contribution in [0.25, 0.3) is 0 Å². The minimum atomic E-state index is -3.65. The summed E-state index contributed by atoms with van der Waals surface area (Å²) in [4.78, 5) is 27.5. The van der Waals surface area contributed by atoms with E-state index in [1.165, 1.54) is 29.2 Å². The second kappa shape index (κ2) is 13.1. The Morgan fingerprint density at radius 2 is 1.71 bits per heavy atom. The van der Waals surface area contributed by atoms with E-state index in [2.05, 4.69) is 5.32 Å². The standard InChI is InChI=1S/C24H30Cl2FN3O4S/c1-4-22(24(32)28-5-2)29(16-17-8-13-20(25)21(26)15-17)23(31)7-6-14-30(35(3,33)34)19-11-9-18(27)10-12-19/h8-13,15,22H,4-7,14,16H2,1-3H3,(H,28,32)/t22-/m1/s1. The highest BCUT2D eigenvalue weighted by atomic mass is 35.5. The fraction of sp³-hybridized carbons (Fsp3) is 0.417. The van der Waals surface area contributed by atoms with E-state index < -0.39 is 21.9 Å². The summed E-state index contributed by atoms with van der Waals surface area (Å²) in [5.74, 6) is -1.06. The Labute approximate surface area is 216 Å². The fourth-order valence-corrected chi connectivity index (χ4v) is 4.94. The molecule has 2 aromatic carbocycles. The largest absolute Gasteiger partial charge is 0.355 e. The normalized spacial score (nSPS) is 12.2. The third kappa shape index (κ3) is 8.37. The number of carbonyl (C=O) groups excluding carboxylic acids is 2. The summed E-state index contributed by atoms with van der Waals surface area (Å²) in [5, 5.41) is 3.48. The summed E-state index contributed by atoms with van der Waals surface area (Å²) >= 11 is 12.1. The van der Waals surface area contributed by atoms with Gasteiger partial charge in [-0.15, -0.1) is 0 Å². The van der Waals surface area contributed by atoms with Crippen LogP contribution in [0.3, 0.4) is 0 Å². The number of nitrogens with one attached hydrogen (secondary N) is 1. The third-order valence-corrected chi connectivity index (χ3v) is 7.27. The van der Waals surface area contributed by atoms with E-state index >= 15 is 0 Å². The summed E-state index contributed by atoms with van der Waals surface area (Å²) in [7, 11) is -3.65. The van der Waals surface area contributed by atoms with Gasteiger partial charge >= 0.3 is 0 Å². The summed E-state index contributed by atoms with van der Waals surface area (Å²) in [5.41, 5.74) is 1.02. The predicted molar refractivity (Wildman–Crippen MR) is 138 cm³/mol. The molecule has 2 amide bonds. The first kappa shape index (κ1) is 28.9. The zero-order valence-electron chi connectivity index (χ0n) is 19.9. The molecule has 7 nitrogen and oxygen atoms in total. The average Bonchev–Trinajstić information content (AvgIpc) is 2.79. The highest BCUT2D eigenvalue weighted by molar-refractivity contribution is 7.92. The maximum atomic E-state index is 13.3. The van der Waals surface area contributed by atoms with Gasteiger partial charge in [-0.1, -0.05) is 36.2 Å². The van der Waals surface area contributed by atoms with Crippen molar-refractivity contribution >= 4 is 50.7 Å². The van der Waals surface area contributed by atoms with Crippen molar-refractivity contribution in [3.63, 3.8) is 0 Å². The molecule has 1 N–H and O–H groups in total. The van der Waals surface area contributed by atoms with Crippen LogP contribution in [0.5, 0.6) is 0 Å². The monoisotopic (exact) mass is 545 g/mol. The van der Waals surface area contributed by atoms with Gasteiger partial charge in [-0.3, -0.25) is 13.9 Å². The summed E-state index contributed by atoms with van der Waals surface area (Å²) < 4.78 is 39.0. The van der Waals surface area contributed by atoms with E-state index in [1.54, 1.807) is 25.1 Å². The highest BCUT2D eigenvalue weighted by Gasteiger charge is 2.28. The zero-order valence-corrected chi connectivity index (χ0v) is 22.3. The van der Waals surface area contributed by atoms with Crippen molar-refractivity contribution in [3.05, 3.63) is 63.9 Å².